The van der Waals surface area contributed by atoms with Gasteiger partial charge in [0.2, 0.25) is 0 Å². The molecule has 0 aromatic rings. The lowest BCUT2D eigenvalue weighted by molar-refractivity contribution is 0.307. The van der Waals surface area contributed by atoms with Crippen molar-refractivity contribution in [2.24, 2.45) is 17.4 Å². The third-order valence-electron chi connectivity index (χ3n) is 2.66. The highest BCUT2D eigenvalue weighted by Gasteiger charge is 2.32. The molecule has 0 aromatic carbocycles. The van der Waals surface area contributed by atoms with Crippen molar-refractivity contribution in [1.82, 2.24) is 0 Å². The minimum atomic E-state index is -0.332. The predicted octanol–water partition coefficient (Wildman–Crippen LogP) is 1.18. The first-order valence-electron chi connectivity index (χ1n) is 4.13. The maximum atomic E-state index is 6.00. The van der Waals surface area contributed by atoms with E-state index in [1.165, 1.54) is 0 Å². The van der Waals surface area contributed by atoms with E-state index in [9.17, 15) is 0 Å². The minimum Gasteiger partial charge on any atom is -0.392 e. The van der Waals surface area contributed by atoms with E-state index in [1.54, 1.807) is 0 Å². The lowest BCUT2D eigenvalue weighted by atomic mass is 9.78. The zero-order valence-corrected chi connectivity index (χ0v) is 7.79. The topological polar surface area (TPSA) is 52.0 Å². The summed E-state index contributed by atoms with van der Waals surface area (Å²) >= 11 is 4.92. The van der Waals surface area contributed by atoms with Crippen molar-refractivity contribution in [3.63, 3.8) is 0 Å². The molecule has 3 heteroatoms. The quantitative estimate of drug-likeness (QED) is 0.584. The average molecular weight is 172 g/mol. The summed E-state index contributed by atoms with van der Waals surface area (Å²) in [6.07, 6.45) is 4.24. The second kappa shape index (κ2) is 3.07. The molecule has 0 heterocycles. The molecule has 0 bridgehead atoms. The molecule has 1 saturated carbocycles. The van der Waals surface area contributed by atoms with Crippen molar-refractivity contribution in [1.29, 1.82) is 0 Å². The van der Waals surface area contributed by atoms with Crippen molar-refractivity contribution in [3.05, 3.63) is 0 Å². The Morgan fingerprint density at radius 2 is 1.91 bits per heavy atom. The first-order valence-corrected chi connectivity index (χ1v) is 4.54. The van der Waals surface area contributed by atoms with E-state index in [4.69, 9.17) is 23.7 Å². The van der Waals surface area contributed by atoms with Gasteiger partial charge in [-0.1, -0.05) is 19.1 Å². The molecular formula is C8H16N2S. The Morgan fingerprint density at radius 1 is 1.45 bits per heavy atom. The molecule has 0 saturated heterocycles. The third-order valence-corrected chi connectivity index (χ3v) is 3.06. The van der Waals surface area contributed by atoms with Crippen LogP contribution >= 0.6 is 12.2 Å². The summed E-state index contributed by atoms with van der Waals surface area (Å²) in [5, 5.41) is 0. The summed E-state index contributed by atoms with van der Waals surface area (Å²) in [6, 6.07) is 0. The largest absolute Gasteiger partial charge is 0.392 e. The number of thiocarbonyl (C=S) groups is 1. The SMILES string of the molecule is CC1CCC(N)(C(N)=S)CC1. The zero-order valence-electron chi connectivity index (χ0n) is 6.97. The van der Waals surface area contributed by atoms with Crippen LogP contribution < -0.4 is 11.5 Å². The van der Waals surface area contributed by atoms with Crippen LogP contribution in [0.2, 0.25) is 0 Å². The van der Waals surface area contributed by atoms with E-state index >= 15 is 0 Å². The van der Waals surface area contributed by atoms with Crippen LogP contribution in [0.3, 0.4) is 0 Å². The summed E-state index contributed by atoms with van der Waals surface area (Å²) in [5.74, 6) is 0.793. The molecule has 0 unspecified atom stereocenters. The molecule has 4 N–H and O–H groups in total. The second-order valence-electron chi connectivity index (χ2n) is 3.70. The summed E-state index contributed by atoms with van der Waals surface area (Å²) in [4.78, 5) is 0.490. The van der Waals surface area contributed by atoms with Gasteiger partial charge in [0.1, 0.15) is 0 Å². The van der Waals surface area contributed by atoms with Gasteiger partial charge in [0.15, 0.2) is 0 Å². The van der Waals surface area contributed by atoms with E-state index in [2.05, 4.69) is 6.92 Å². The number of hydrogen-bond acceptors (Lipinski definition) is 2. The molecule has 0 amide bonds. The smallest absolute Gasteiger partial charge is 0.0929 e. The van der Waals surface area contributed by atoms with Gasteiger partial charge >= 0.3 is 0 Å². The molecule has 1 rings (SSSR count). The van der Waals surface area contributed by atoms with Gasteiger partial charge in [0.05, 0.1) is 10.5 Å². The summed E-state index contributed by atoms with van der Waals surface area (Å²) in [7, 11) is 0. The molecule has 0 aromatic heterocycles. The summed E-state index contributed by atoms with van der Waals surface area (Å²) < 4.78 is 0. The first kappa shape index (κ1) is 8.94. The fraction of sp³-hybridized carbons (Fsp3) is 0.875. The molecule has 1 aliphatic rings. The number of nitrogens with two attached hydrogens (primary N) is 2. The van der Waals surface area contributed by atoms with Crippen LogP contribution in [0.15, 0.2) is 0 Å². The molecule has 64 valence electrons. The number of hydrogen-bond donors (Lipinski definition) is 2. The molecule has 1 fully saturated rings. The Kier molecular flexibility index (Phi) is 2.50. The van der Waals surface area contributed by atoms with Crippen LogP contribution in [0, 0.1) is 5.92 Å². The molecule has 1 aliphatic carbocycles. The van der Waals surface area contributed by atoms with E-state index < -0.39 is 0 Å². The van der Waals surface area contributed by atoms with Crippen LogP contribution in [-0.2, 0) is 0 Å². The van der Waals surface area contributed by atoms with E-state index in [-0.39, 0.29) is 5.54 Å². The average Bonchev–Trinajstić information content (AvgIpc) is 1.95. The Balaban J connectivity index is 2.55. The van der Waals surface area contributed by atoms with Gasteiger partial charge < -0.3 is 11.5 Å². The monoisotopic (exact) mass is 172 g/mol. The zero-order chi connectivity index (χ0) is 8.48. The lowest BCUT2D eigenvalue weighted by Gasteiger charge is -2.34. The minimum absolute atomic E-state index is 0.332. The fourth-order valence-electron chi connectivity index (χ4n) is 1.52. The standard InChI is InChI=1S/C8H16N2S/c1-6-2-4-8(10,5-3-6)7(9)11/h6H,2-5,10H2,1H3,(H2,9,11). The van der Waals surface area contributed by atoms with Gasteiger partial charge in [-0.3, -0.25) is 0 Å². The van der Waals surface area contributed by atoms with Crippen LogP contribution in [0.25, 0.3) is 0 Å². The van der Waals surface area contributed by atoms with E-state index in [1.807, 2.05) is 0 Å². The number of rotatable bonds is 1. The van der Waals surface area contributed by atoms with Crippen molar-refractivity contribution >= 4 is 17.2 Å². The maximum Gasteiger partial charge on any atom is 0.0929 e. The van der Waals surface area contributed by atoms with Crippen LogP contribution in [-0.4, -0.2) is 10.5 Å². The summed E-state index contributed by atoms with van der Waals surface area (Å²) in [6.45, 7) is 2.25. The molecule has 0 aliphatic heterocycles. The van der Waals surface area contributed by atoms with Gasteiger partial charge in [-0.25, -0.2) is 0 Å². The molecule has 2 nitrogen and oxygen atoms in total. The van der Waals surface area contributed by atoms with Gasteiger partial charge in [-0.15, -0.1) is 0 Å². The Hall–Kier alpha value is -0.150. The second-order valence-corrected chi connectivity index (χ2v) is 4.14. The van der Waals surface area contributed by atoms with Crippen LogP contribution in [0.5, 0.6) is 0 Å². The molecular weight excluding hydrogens is 156 g/mol. The Morgan fingerprint density at radius 3 is 2.27 bits per heavy atom. The van der Waals surface area contributed by atoms with Gasteiger partial charge in [0, 0.05) is 0 Å². The maximum absolute atomic E-state index is 6.00. The normalized spacial score (nSPS) is 38.5. The highest BCUT2D eigenvalue weighted by atomic mass is 32.1. The molecule has 0 spiro atoms. The molecule has 11 heavy (non-hydrogen) atoms. The highest BCUT2D eigenvalue weighted by Crippen LogP contribution is 2.29. The molecule has 0 radical (unpaired) electrons. The highest BCUT2D eigenvalue weighted by molar-refractivity contribution is 7.80. The predicted molar refractivity (Wildman–Crippen MR) is 51.3 cm³/mol. The van der Waals surface area contributed by atoms with Gasteiger partial charge in [-0.05, 0) is 31.6 Å². The van der Waals surface area contributed by atoms with Crippen molar-refractivity contribution in [2.75, 3.05) is 0 Å². The Bertz CT molecular complexity index is 159. The molecule has 0 atom stereocenters. The van der Waals surface area contributed by atoms with E-state index in [0.29, 0.717) is 4.99 Å². The van der Waals surface area contributed by atoms with Crippen LogP contribution in [0.1, 0.15) is 32.6 Å². The van der Waals surface area contributed by atoms with Crippen molar-refractivity contribution in [3.8, 4) is 0 Å². The fourth-order valence-corrected chi connectivity index (χ4v) is 1.73. The van der Waals surface area contributed by atoms with Gasteiger partial charge in [-0.2, -0.15) is 0 Å². The summed E-state index contributed by atoms with van der Waals surface area (Å²) in [5.41, 5.74) is 11.2. The third kappa shape index (κ3) is 1.91. The lowest BCUT2D eigenvalue weighted by Crippen LogP contribution is -2.52. The van der Waals surface area contributed by atoms with E-state index in [0.717, 1.165) is 31.6 Å². The Labute approximate surface area is 73.3 Å². The van der Waals surface area contributed by atoms with Gasteiger partial charge in [0.25, 0.3) is 0 Å². The van der Waals surface area contributed by atoms with Crippen molar-refractivity contribution in [2.45, 2.75) is 38.1 Å². The first-order chi connectivity index (χ1) is 5.04. The van der Waals surface area contributed by atoms with Crippen LogP contribution in [0.4, 0.5) is 0 Å². The van der Waals surface area contributed by atoms with Crippen molar-refractivity contribution < 1.29 is 0 Å².